The number of aromatic amines is 1. The van der Waals surface area contributed by atoms with E-state index in [4.69, 9.17) is 15.2 Å². The second kappa shape index (κ2) is 11.6. The molecule has 0 saturated heterocycles. The Labute approximate surface area is 213 Å². The van der Waals surface area contributed by atoms with Gasteiger partial charge in [0.2, 0.25) is 11.8 Å². The van der Waals surface area contributed by atoms with Crippen LogP contribution in [0.2, 0.25) is 0 Å². The van der Waals surface area contributed by atoms with Crippen LogP contribution in [0.15, 0.2) is 64.7 Å². The number of methoxy groups -OCH3 is 1. The first-order valence-electron chi connectivity index (χ1n) is 10.7. The van der Waals surface area contributed by atoms with Gasteiger partial charge in [0.1, 0.15) is 11.6 Å². The molecule has 14 heteroatoms. The number of aliphatic imine (C=N–C) groups is 1. The molecule has 0 bridgehead atoms. The molecule has 0 aliphatic carbocycles. The predicted molar refractivity (Wildman–Crippen MR) is 134 cm³/mol. The number of aromatic nitrogens is 5. The number of nitrogens with zero attached hydrogens (tertiary/aromatic N) is 5. The minimum atomic E-state index is -4.44. The summed E-state index contributed by atoms with van der Waals surface area (Å²) >= 11 is 1.38. The summed E-state index contributed by atoms with van der Waals surface area (Å²) in [6.45, 7) is 0.535. The van der Waals surface area contributed by atoms with Gasteiger partial charge in [-0.15, -0.1) is 10.2 Å². The largest absolute Gasteiger partial charge is 0.487 e. The molecule has 0 spiro atoms. The van der Waals surface area contributed by atoms with Gasteiger partial charge in [-0.25, -0.2) is 4.98 Å². The number of ether oxygens (including phenoxy) is 2. The SMILES string of the molecule is COC=NCCSc1nc(N)cc(Oc2ccc(-c3nnc(Nc4cccc(C(F)(F)F)c4)[nH]3)cc2)n1. The van der Waals surface area contributed by atoms with Crippen molar-refractivity contribution < 1.29 is 22.6 Å². The lowest BCUT2D eigenvalue weighted by Gasteiger charge is -2.09. The highest BCUT2D eigenvalue weighted by Crippen LogP contribution is 2.31. The maximum atomic E-state index is 12.9. The quantitative estimate of drug-likeness (QED) is 0.0834. The number of anilines is 3. The van der Waals surface area contributed by atoms with Crippen LogP contribution in [0, 0.1) is 0 Å². The van der Waals surface area contributed by atoms with Crippen LogP contribution in [0.25, 0.3) is 11.4 Å². The van der Waals surface area contributed by atoms with Gasteiger partial charge in [0.15, 0.2) is 17.4 Å². The number of hydrogen-bond acceptors (Lipinski definition) is 10. The lowest BCUT2D eigenvalue weighted by Crippen LogP contribution is -2.05. The molecule has 2 aromatic carbocycles. The third-order valence-corrected chi connectivity index (χ3v) is 5.45. The van der Waals surface area contributed by atoms with Gasteiger partial charge >= 0.3 is 6.18 Å². The molecular weight excluding hydrogens is 509 g/mol. The highest BCUT2D eigenvalue weighted by Gasteiger charge is 2.30. The summed E-state index contributed by atoms with van der Waals surface area (Å²) in [5.74, 6) is 2.32. The number of halogens is 3. The number of rotatable bonds is 10. The van der Waals surface area contributed by atoms with Crippen LogP contribution in [-0.4, -0.2) is 51.0 Å². The number of thioether (sulfide) groups is 1. The first-order chi connectivity index (χ1) is 17.8. The van der Waals surface area contributed by atoms with Crippen molar-refractivity contribution in [3.63, 3.8) is 0 Å². The van der Waals surface area contributed by atoms with Crippen LogP contribution in [0.3, 0.4) is 0 Å². The number of alkyl halides is 3. The van der Waals surface area contributed by atoms with E-state index >= 15 is 0 Å². The van der Waals surface area contributed by atoms with Crippen molar-refractivity contribution >= 4 is 35.6 Å². The molecular formula is C23H21F3N8O2S. The van der Waals surface area contributed by atoms with Crippen LogP contribution in [0.1, 0.15) is 5.56 Å². The van der Waals surface area contributed by atoms with E-state index in [-0.39, 0.29) is 23.3 Å². The first kappa shape index (κ1) is 25.8. The molecule has 4 rings (SSSR count). The molecule has 0 saturated carbocycles. The minimum absolute atomic E-state index is 0.198. The second-order valence-electron chi connectivity index (χ2n) is 7.36. The Morgan fingerprint density at radius 1 is 1.11 bits per heavy atom. The predicted octanol–water partition coefficient (Wildman–Crippen LogP) is 5.17. The number of hydrogen-bond donors (Lipinski definition) is 3. The van der Waals surface area contributed by atoms with Crippen LogP contribution in [0.4, 0.5) is 30.6 Å². The van der Waals surface area contributed by atoms with Crippen LogP contribution in [-0.2, 0) is 10.9 Å². The number of nitrogens with two attached hydrogens (primary N) is 1. The molecule has 37 heavy (non-hydrogen) atoms. The monoisotopic (exact) mass is 530 g/mol. The fraction of sp³-hybridized carbons (Fsp3) is 0.174. The van der Waals surface area contributed by atoms with E-state index in [0.29, 0.717) is 34.6 Å². The molecule has 0 unspecified atom stereocenters. The maximum Gasteiger partial charge on any atom is 0.416 e. The molecule has 0 aliphatic heterocycles. The van der Waals surface area contributed by atoms with Crippen molar-refractivity contribution in [1.29, 1.82) is 0 Å². The molecule has 2 heterocycles. The van der Waals surface area contributed by atoms with Gasteiger partial charge in [-0.2, -0.15) is 18.2 Å². The molecule has 10 nitrogen and oxygen atoms in total. The fourth-order valence-corrected chi connectivity index (χ4v) is 3.72. The first-order valence-corrected chi connectivity index (χ1v) is 11.7. The van der Waals surface area contributed by atoms with Crippen molar-refractivity contribution in [2.24, 2.45) is 4.99 Å². The summed E-state index contributed by atoms with van der Waals surface area (Å²) < 4.78 is 49.4. The smallest absolute Gasteiger partial charge is 0.416 e. The summed E-state index contributed by atoms with van der Waals surface area (Å²) in [6, 6.07) is 13.2. The Balaban J connectivity index is 1.39. The lowest BCUT2D eigenvalue weighted by molar-refractivity contribution is -0.137. The Hall–Kier alpha value is -4.33. The zero-order chi connectivity index (χ0) is 26.3. The molecule has 4 N–H and O–H groups in total. The molecule has 2 aromatic heterocycles. The van der Waals surface area contributed by atoms with Gasteiger partial charge in [-0.3, -0.25) is 4.99 Å². The maximum absolute atomic E-state index is 12.9. The van der Waals surface area contributed by atoms with Crippen LogP contribution in [0.5, 0.6) is 11.6 Å². The number of H-pyrrole nitrogens is 1. The van der Waals surface area contributed by atoms with E-state index in [1.807, 2.05) is 0 Å². The molecule has 0 fully saturated rings. The summed E-state index contributed by atoms with van der Waals surface area (Å²) in [5.41, 5.74) is 6.03. The van der Waals surface area contributed by atoms with Crippen molar-refractivity contribution in [2.75, 3.05) is 30.5 Å². The molecule has 4 aromatic rings. The number of benzene rings is 2. The third-order valence-electron chi connectivity index (χ3n) is 4.62. The van der Waals surface area contributed by atoms with E-state index in [1.54, 1.807) is 24.3 Å². The van der Waals surface area contributed by atoms with Gasteiger partial charge in [-0.1, -0.05) is 17.8 Å². The Morgan fingerprint density at radius 3 is 2.68 bits per heavy atom. The normalized spacial score (nSPS) is 11.6. The van der Waals surface area contributed by atoms with Crippen LogP contribution >= 0.6 is 11.8 Å². The number of nitrogens with one attached hydrogen (secondary N) is 2. The minimum Gasteiger partial charge on any atom is -0.487 e. The van der Waals surface area contributed by atoms with E-state index in [2.05, 4.69) is 35.5 Å². The highest BCUT2D eigenvalue weighted by atomic mass is 32.2. The van der Waals surface area contributed by atoms with Crippen molar-refractivity contribution in [1.82, 2.24) is 25.1 Å². The van der Waals surface area contributed by atoms with Crippen molar-refractivity contribution in [3.8, 4) is 23.0 Å². The van der Waals surface area contributed by atoms with E-state index < -0.39 is 11.7 Å². The number of nitrogen functional groups attached to an aromatic ring is 1. The highest BCUT2D eigenvalue weighted by molar-refractivity contribution is 7.99. The van der Waals surface area contributed by atoms with E-state index in [9.17, 15) is 13.2 Å². The average molecular weight is 531 g/mol. The van der Waals surface area contributed by atoms with E-state index in [1.165, 1.54) is 43.5 Å². The summed E-state index contributed by atoms with van der Waals surface area (Å²) in [4.78, 5) is 15.5. The van der Waals surface area contributed by atoms with Gasteiger partial charge in [0, 0.05) is 23.1 Å². The van der Waals surface area contributed by atoms with Gasteiger partial charge < -0.3 is 25.5 Å². The van der Waals surface area contributed by atoms with Crippen LogP contribution < -0.4 is 15.8 Å². The molecule has 0 radical (unpaired) electrons. The summed E-state index contributed by atoms with van der Waals surface area (Å²) in [7, 11) is 1.53. The lowest BCUT2D eigenvalue weighted by atomic mass is 10.2. The standard InChI is InChI=1S/C23H21F3N8O2S/c1-35-13-28-9-10-37-22-30-18(27)12-19(31-22)36-17-7-5-14(6-8-17)20-32-21(34-33-20)29-16-4-2-3-15(11-16)23(24,25)26/h2-8,11-13H,9-10H2,1H3,(H2,27,30,31)(H2,29,32,33,34). The molecule has 192 valence electrons. The average Bonchev–Trinajstić information content (AvgIpc) is 3.32. The topological polar surface area (TPSA) is 136 Å². The Kier molecular flexibility index (Phi) is 8.08. The zero-order valence-electron chi connectivity index (χ0n) is 19.4. The third kappa shape index (κ3) is 7.33. The fourth-order valence-electron chi connectivity index (χ4n) is 3.01. The summed E-state index contributed by atoms with van der Waals surface area (Å²) in [5, 5.41) is 11.3. The van der Waals surface area contributed by atoms with Gasteiger partial charge in [0.25, 0.3) is 0 Å². The van der Waals surface area contributed by atoms with Gasteiger partial charge in [-0.05, 0) is 42.5 Å². The Bertz CT molecular complexity index is 1360. The van der Waals surface area contributed by atoms with Crippen molar-refractivity contribution in [2.45, 2.75) is 11.3 Å². The van der Waals surface area contributed by atoms with E-state index in [0.717, 1.165) is 12.1 Å². The van der Waals surface area contributed by atoms with Gasteiger partial charge in [0.05, 0.1) is 19.2 Å². The molecule has 0 aliphatic rings. The summed E-state index contributed by atoms with van der Waals surface area (Å²) in [6.07, 6.45) is -3.07. The molecule has 0 atom stereocenters. The van der Waals surface area contributed by atoms with Crippen molar-refractivity contribution in [3.05, 3.63) is 60.2 Å². The second-order valence-corrected chi connectivity index (χ2v) is 8.42. The Morgan fingerprint density at radius 2 is 1.92 bits per heavy atom. The molecule has 0 amide bonds. The zero-order valence-corrected chi connectivity index (χ0v) is 20.2.